The molecule has 0 atom stereocenters. The molecule has 120 valence electrons. The van der Waals surface area contributed by atoms with Gasteiger partial charge in [0.1, 0.15) is 11.1 Å². The van der Waals surface area contributed by atoms with Crippen molar-refractivity contribution in [2.45, 2.75) is 0 Å². The van der Waals surface area contributed by atoms with Crippen LogP contribution in [0.1, 0.15) is 10.4 Å². The number of anilines is 1. The van der Waals surface area contributed by atoms with Gasteiger partial charge in [0.15, 0.2) is 0 Å². The molecule has 1 aromatic heterocycles. The highest BCUT2D eigenvalue weighted by molar-refractivity contribution is 9.10. The van der Waals surface area contributed by atoms with Crippen LogP contribution >= 0.6 is 15.9 Å². The van der Waals surface area contributed by atoms with E-state index in [9.17, 15) is 14.9 Å². The zero-order chi connectivity index (χ0) is 17.3. The van der Waals surface area contributed by atoms with Crippen LogP contribution in [0, 0.1) is 15.5 Å². The van der Waals surface area contributed by atoms with Gasteiger partial charge in [-0.3, -0.25) is 20.3 Å². The Balaban J connectivity index is 1.99. The first-order valence-electron chi connectivity index (χ1n) is 6.78. The van der Waals surface area contributed by atoms with Gasteiger partial charge in [0.25, 0.3) is 11.6 Å². The fourth-order valence-corrected chi connectivity index (χ4v) is 2.41. The Kier molecular flexibility index (Phi) is 4.13. The molecule has 1 heterocycles. The molecule has 0 bridgehead atoms. The minimum absolute atomic E-state index is 0.00841. The summed E-state index contributed by atoms with van der Waals surface area (Å²) >= 11 is 3.30. The van der Waals surface area contributed by atoms with Crippen molar-refractivity contribution in [2.75, 3.05) is 5.32 Å². The maximum absolute atomic E-state index is 12.3. The van der Waals surface area contributed by atoms with Crippen LogP contribution in [-0.4, -0.2) is 10.8 Å². The van der Waals surface area contributed by atoms with Crippen LogP contribution in [0.2, 0.25) is 0 Å². The zero-order valence-electron chi connectivity index (χ0n) is 12.1. The number of nitrogens with one attached hydrogen (secondary N) is 2. The van der Waals surface area contributed by atoms with Gasteiger partial charge in [-0.05, 0) is 36.4 Å². The van der Waals surface area contributed by atoms with E-state index in [1.165, 1.54) is 24.3 Å². The van der Waals surface area contributed by atoms with Crippen LogP contribution in [0.3, 0.4) is 0 Å². The van der Waals surface area contributed by atoms with E-state index >= 15 is 0 Å². The predicted molar refractivity (Wildman–Crippen MR) is 90.8 cm³/mol. The van der Waals surface area contributed by atoms with E-state index in [1.54, 1.807) is 24.3 Å². The van der Waals surface area contributed by atoms with Crippen molar-refractivity contribution in [3.63, 3.8) is 0 Å². The van der Waals surface area contributed by atoms with Crippen molar-refractivity contribution in [3.8, 4) is 0 Å². The van der Waals surface area contributed by atoms with Gasteiger partial charge >= 0.3 is 0 Å². The minimum atomic E-state index is -0.532. The molecule has 0 radical (unpaired) electrons. The number of hydrogen-bond donors (Lipinski definition) is 2. The van der Waals surface area contributed by atoms with E-state index in [-0.39, 0.29) is 16.8 Å². The first kappa shape index (κ1) is 15.9. The maximum atomic E-state index is 12.3. The molecule has 8 heteroatoms. The Hall–Kier alpha value is -3.00. The summed E-state index contributed by atoms with van der Waals surface area (Å²) in [6.07, 6.45) is 0. The van der Waals surface area contributed by atoms with Gasteiger partial charge < -0.3 is 9.73 Å². The van der Waals surface area contributed by atoms with Crippen molar-refractivity contribution in [3.05, 3.63) is 74.2 Å². The Bertz CT molecular complexity index is 1010. The molecule has 24 heavy (non-hydrogen) atoms. The lowest BCUT2D eigenvalue weighted by Gasteiger charge is -2.06. The summed E-state index contributed by atoms with van der Waals surface area (Å²) in [6.45, 7) is 0. The summed E-state index contributed by atoms with van der Waals surface area (Å²) in [6, 6.07) is 12.3. The van der Waals surface area contributed by atoms with Gasteiger partial charge in [-0.2, -0.15) is 0 Å². The monoisotopic (exact) mass is 387 g/mol. The van der Waals surface area contributed by atoms with Crippen molar-refractivity contribution in [1.29, 1.82) is 5.41 Å². The zero-order valence-corrected chi connectivity index (χ0v) is 13.7. The topological polar surface area (TPSA) is 109 Å². The summed E-state index contributed by atoms with van der Waals surface area (Å²) in [5.41, 5.74) is 0.416. The molecule has 0 spiro atoms. The van der Waals surface area contributed by atoms with Crippen molar-refractivity contribution in [1.82, 2.24) is 0 Å². The fraction of sp³-hybridized carbons (Fsp3) is 0. The second-order valence-electron chi connectivity index (χ2n) is 4.93. The summed E-state index contributed by atoms with van der Waals surface area (Å²) in [7, 11) is 0. The lowest BCUT2D eigenvalue weighted by atomic mass is 10.1. The highest BCUT2D eigenvalue weighted by Crippen LogP contribution is 2.21. The quantitative estimate of drug-likeness (QED) is 0.525. The van der Waals surface area contributed by atoms with Crippen LogP contribution in [-0.2, 0) is 0 Å². The number of carbonyl (C=O) groups is 1. The molecular formula is C16H10BrN3O4. The number of nitro groups is 1. The Morgan fingerprint density at radius 3 is 2.54 bits per heavy atom. The summed E-state index contributed by atoms with van der Waals surface area (Å²) in [5.74, 6) is -0.528. The van der Waals surface area contributed by atoms with Gasteiger partial charge in [0.05, 0.1) is 4.92 Å². The molecule has 0 saturated carbocycles. The molecule has 7 nitrogen and oxygen atoms in total. The Labute approximate surface area is 143 Å². The average Bonchev–Trinajstić information content (AvgIpc) is 2.55. The normalized spacial score (nSPS) is 10.5. The number of nitrogens with zero attached hydrogens (tertiary/aromatic N) is 1. The van der Waals surface area contributed by atoms with Gasteiger partial charge in [-0.25, -0.2) is 0 Å². The van der Waals surface area contributed by atoms with Crippen LogP contribution in [0.5, 0.6) is 0 Å². The molecule has 0 aliphatic carbocycles. The first-order valence-corrected chi connectivity index (χ1v) is 7.57. The van der Waals surface area contributed by atoms with Crippen LogP contribution in [0.4, 0.5) is 11.4 Å². The number of non-ortho nitro benzene ring substituents is 1. The molecule has 3 aromatic rings. The van der Waals surface area contributed by atoms with Crippen LogP contribution in [0.15, 0.2) is 57.4 Å². The third kappa shape index (κ3) is 3.18. The second kappa shape index (κ2) is 6.25. The van der Waals surface area contributed by atoms with Gasteiger partial charge in [-0.1, -0.05) is 15.9 Å². The molecule has 1 amide bonds. The smallest absolute Gasteiger partial charge is 0.270 e. The van der Waals surface area contributed by atoms with Crippen LogP contribution in [0.25, 0.3) is 11.0 Å². The third-order valence-corrected chi connectivity index (χ3v) is 3.84. The van der Waals surface area contributed by atoms with E-state index < -0.39 is 10.8 Å². The largest absolute Gasteiger partial charge is 0.438 e. The number of amides is 1. The van der Waals surface area contributed by atoms with Crippen LogP contribution < -0.4 is 10.9 Å². The molecule has 0 saturated heterocycles. The molecule has 0 fully saturated rings. The predicted octanol–water partition coefficient (Wildman–Crippen LogP) is 3.84. The molecule has 2 aromatic carbocycles. The standard InChI is InChI=1S/C16H10BrN3O4/c17-10-1-3-11(4-2-10)19-16(21)13-8-9-7-12(20(22)23)5-6-14(9)24-15(13)18/h1-8,18H,(H,19,21). The number of carbonyl (C=O) groups excluding carboxylic acids is 1. The highest BCUT2D eigenvalue weighted by atomic mass is 79.9. The summed E-state index contributed by atoms with van der Waals surface area (Å²) < 4.78 is 6.15. The number of benzene rings is 2. The Morgan fingerprint density at radius 1 is 1.17 bits per heavy atom. The van der Waals surface area contributed by atoms with Gasteiger partial charge in [0, 0.05) is 27.7 Å². The number of halogens is 1. The van der Waals surface area contributed by atoms with E-state index in [2.05, 4.69) is 21.2 Å². The molecule has 0 aliphatic rings. The fourth-order valence-electron chi connectivity index (χ4n) is 2.14. The second-order valence-corrected chi connectivity index (χ2v) is 5.85. The van der Waals surface area contributed by atoms with E-state index in [4.69, 9.17) is 9.83 Å². The molecular weight excluding hydrogens is 378 g/mol. The van der Waals surface area contributed by atoms with E-state index in [1.807, 2.05) is 0 Å². The minimum Gasteiger partial charge on any atom is -0.438 e. The SMILES string of the molecule is N=c1oc2ccc([N+](=O)[O-])cc2cc1C(=O)Nc1ccc(Br)cc1. The lowest BCUT2D eigenvalue weighted by molar-refractivity contribution is -0.384. The van der Waals surface area contributed by atoms with Gasteiger partial charge in [0.2, 0.25) is 5.55 Å². The van der Waals surface area contributed by atoms with Crippen molar-refractivity contribution < 1.29 is 14.1 Å². The Morgan fingerprint density at radius 2 is 1.88 bits per heavy atom. The summed E-state index contributed by atoms with van der Waals surface area (Å²) in [4.78, 5) is 22.7. The van der Waals surface area contributed by atoms with Crippen molar-refractivity contribution in [2.24, 2.45) is 0 Å². The number of hydrogen-bond acceptors (Lipinski definition) is 5. The van der Waals surface area contributed by atoms with E-state index in [0.29, 0.717) is 16.7 Å². The first-order chi connectivity index (χ1) is 11.4. The lowest BCUT2D eigenvalue weighted by Crippen LogP contribution is -2.20. The number of rotatable bonds is 3. The molecule has 0 aliphatic heterocycles. The van der Waals surface area contributed by atoms with E-state index in [0.717, 1.165) is 4.47 Å². The van der Waals surface area contributed by atoms with Gasteiger partial charge in [-0.15, -0.1) is 0 Å². The van der Waals surface area contributed by atoms with Crippen molar-refractivity contribution >= 4 is 44.2 Å². The summed E-state index contributed by atoms with van der Waals surface area (Å²) in [5, 5.41) is 21.7. The maximum Gasteiger partial charge on any atom is 0.270 e. The molecule has 2 N–H and O–H groups in total. The molecule has 3 rings (SSSR count). The highest BCUT2D eigenvalue weighted by Gasteiger charge is 2.14. The third-order valence-electron chi connectivity index (χ3n) is 3.31. The number of nitro benzene ring substituents is 1. The average molecular weight is 388 g/mol. The number of fused-ring (bicyclic) bond motifs is 1. The molecule has 0 unspecified atom stereocenters.